The van der Waals surface area contributed by atoms with Gasteiger partial charge in [0.1, 0.15) is 0 Å². The summed E-state index contributed by atoms with van der Waals surface area (Å²) in [7, 11) is 4.26. The number of piperidine rings is 2. The Bertz CT molecular complexity index is 588. The van der Waals surface area contributed by atoms with Crippen molar-refractivity contribution in [2.45, 2.75) is 39.2 Å². The molecule has 6 heteroatoms. The third-order valence-corrected chi connectivity index (χ3v) is 5.54. The third kappa shape index (κ3) is 4.76. The molecule has 1 aromatic heterocycles. The van der Waals surface area contributed by atoms with Gasteiger partial charge >= 0.3 is 0 Å². The van der Waals surface area contributed by atoms with Gasteiger partial charge in [-0.2, -0.15) is 0 Å². The molecule has 3 rings (SSSR count). The van der Waals surface area contributed by atoms with Crippen LogP contribution in [0.1, 0.15) is 37.1 Å². The summed E-state index contributed by atoms with van der Waals surface area (Å²) in [6.45, 7) is 7.90. The number of hydrogen-bond donors (Lipinski definition) is 0. The molecule has 25 heavy (non-hydrogen) atoms. The Morgan fingerprint density at radius 2 is 2.04 bits per heavy atom. The minimum atomic E-state index is 0.261. The molecule has 0 radical (unpaired) electrons. The molecule has 0 aromatic carbocycles. The largest absolute Gasteiger partial charge is 0.336 e. The molecule has 2 aliphatic heterocycles. The van der Waals surface area contributed by atoms with Crippen LogP contribution in [0.5, 0.6) is 0 Å². The smallest absolute Gasteiger partial charge is 0.222 e. The fourth-order valence-electron chi connectivity index (χ4n) is 4.12. The molecule has 138 valence electrons. The lowest BCUT2D eigenvalue weighted by molar-refractivity contribution is -0.140. The molecule has 0 N–H and O–H groups in total. The number of carbonyl (C=O) groups is 1. The zero-order chi connectivity index (χ0) is 17.9. The number of rotatable bonds is 5. The molecule has 1 amide bonds. The summed E-state index contributed by atoms with van der Waals surface area (Å²) in [5, 5.41) is 0. The molecule has 3 heterocycles. The number of nitrogens with zero attached hydrogens (tertiary/aromatic N) is 5. The fourth-order valence-corrected chi connectivity index (χ4v) is 4.12. The van der Waals surface area contributed by atoms with Gasteiger partial charge in [0.2, 0.25) is 5.91 Å². The summed E-state index contributed by atoms with van der Waals surface area (Å²) in [6, 6.07) is 0. The number of hydrogen-bond acceptors (Lipinski definition) is 5. The van der Waals surface area contributed by atoms with Crippen molar-refractivity contribution in [2.75, 3.05) is 46.8 Å². The average Bonchev–Trinajstić information content (AvgIpc) is 2.59. The molecule has 2 aliphatic rings. The normalized spacial score (nSPS) is 25.1. The van der Waals surface area contributed by atoms with E-state index in [4.69, 9.17) is 0 Å². The standard InChI is InChI=1S/C19H31N5O/c1-16-11-21-17(12-20-16)13-24-15-19(7-5-18(24)25)6-4-8-23(14-19)10-9-22(2)3/h11-12H,4-10,13-15H2,1-3H3. The topological polar surface area (TPSA) is 52.6 Å². The molecule has 2 saturated heterocycles. The van der Waals surface area contributed by atoms with E-state index in [0.29, 0.717) is 13.0 Å². The van der Waals surface area contributed by atoms with Crippen molar-refractivity contribution >= 4 is 5.91 Å². The Morgan fingerprint density at radius 3 is 2.76 bits per heavy atom. The van der Waals surface area contributed by atoms with Crippen LogP contribution in [0.15, 0.2) is 12.4 Å². The summed E-state index contributed by atoms with van der Waals surface area (Å²) in [6.07, 6.45) is 7.74. The highest BCUT2D eigenvalue weighted by Gasteiger charge is 2.41. The van der Waals surface area contributed by atoms with E-state index < -0.39 is 0 Å². The highest BCUT2D eigenvalue weighted by Crippen LogP contribution is 2.39. The second kappa shape index (κ2) is 7.79. The van der Waals surface area contributed by atoms with E-state index in [2.05, 4.69) is 33.9 Å². The van der Waals surface area contributed by atoms with Crippen LogP contribution in [0.2, 0.25) is 0 Å². The van der Waals surface area contributed by atoms with Crippen LogP contribution < -0.4 is 0 Å². The molecule has 1 aromatic rings. The van der Waals surface area contributed by atoms with E-state index in [-0.39, 0.29) is 11.3 Å². The lowest BCUT2D eigenvalue weighted by atomic mass is 9.73. The predicted octanol–water partition coefficient (Wildman–Crippen LogP) is 1.55. The molecule has 2 fully saturated rings. The molecule has 1 spiro atoms. The second-order valence-electron chi connectivity index (χ2n) is 8.08. The first-order chi connectivity index (χ1) is 12.0. The summed E-state index contributed by atoms with van der Waals surface area (Å²) in [5.41, 5.74) is 2.06. The summed E-state index contributed by atoms with van der Waals surface area (Å²) in [4.78, 5) is 28.0. The fraction of sp³-hybridized carbons (Fsp3) is 0.737. The van der Waals surface area contributed by atoms with Gasteiger partial charge in [0, 0.05) is 44.2 Å². The van der Waals surface area contributed by atoms with E-state index in [1.807, 2.05) is 11.8 Å². The van der Waals surface area contributed by atoms with Crippen LogP contribution in [0.3, 0.4) is 0 Å². The zero-order valence-corrected chi connectivity index (χ0v) is 15.9. The van der Waals surface area contributed by atoms with Crippen molar-refractivity contribution in [1.29, 1.82) is 0 Å². The van der Waals surface area contributed by atoms with Crippen molar-refractivity contribution in [2.24, 2.45) is 5.41 Å². The van der Waals surface area contributed by atoms with Gasteiger partial charge in [0.15, 0.2) is 0 Å². The quantitative estimate of drug-likeness (QED) is 0.810. The van der Waals surface area contributed by atoms with Crippen LogP contribution in [0.25, 0.3) is 0 Å². The van der Waals surface area contributed by atoms with Crippen LogP contribution in [-0.4, -0.2) is 77.4 Å². The number of amides is 1. The first-order valence-electron chi connectivity index (χ1n) is 9.38. The molecule has 6 nitrogen and oxygen atoms in total. The molecule has 1 unspecified atom stereocenters. The number of likely N-dealkylation sites (tertiary alicyclic amines) is 2. The highest BCUT2D eigenvalue weighted by molar-refractivity contribution is 5.77. The summed E-state index contributed by atoms with van der Waals surface area (Å²) in [5.74, 6) is 0.262. The van der Waals surface area contributed by atoms with Crippen molar-refractivity contribution < 1.29 is 4.79 Å². The van der Waals surface area contributed by atoms with Gasteiger partial charge in [-0.15, -0.1) is 0 Å². The van der Waals surface area contributed by atoms with E-state index in [9.17, 15) is 4.79 Å². The molecule has 0 bridgehead atoms. The van der Waals surface area contributed by atoms with Gasteiger partial charge in [-0.05, 0) is 46.8 Å². The third-order valence-electron chi connectivity index (χ3n) is 5.54. The average molecular weight is 345 g/mol. The number of aryl methyl sites for hydroxylation is 1. The van der Waals surface area contributed by atoms with Crippen molar-refractivity contribution in [3.05, 3.63) is 23.8 Å². The zero-order valence-electron chi connectivity index (χ0n) is 15.9. The predicted molar refractivity (Wildman–Crippen MR) is 98.1 cm³/mol. The van der Waals surface area contributed by atoms with Gasteiger partial charge in [0.25, 0.3) is 0 Å². The van der Waals surface area contributed by atoms with Gasteiger partial charge < -0.3 is 14.7 Å². The Kier molecular flexibility index (Phi) is 5.69. The molecular formula is C19H31N5O. The first-order valence-corrected chi connectivity index (χ1v) is 9.38. The van der Waals surface area contributed by atoms with Gasteiger partial charge in [-0.3, -0.25) is 14.8 Å². The maximum atomic E-state index is 12.4. The Morgan fingerprint density at radius 1 is 1.20 bits per heavy atom. The minimum absolute atomic E-state index is 0.261. The number of aromatic nitrogens is 2. The van der Waals surface area contributed by atoms with Crippen molar-refractivity contribution in [3.8, 4) is 0 Å². The maximum absolute atomic E-state index is 12.4. The molecule has 1 atom stereocenters. The van der Waals surface area contributed by atoms with Crippen molar-refractivity contribution in [1.82, 2.24) is 24.7 Å². The lowest BCUT2D eigenvalue weighted by Crippen LogP contribution is -2.54. The number of carbonyl (C=O) groups excluding carboxylic acids is 1. The van der Waals surface area contributed by atoms with E-state index >= 15 is 0 Å². The lowest BCUT2D eigenvalue weighted by Gasteiger charge is -2.48. The Hall–Kier alpha value is -1.53. The van der Waals surface area contributed by atoms with Crippen LogP contribution in [-0.2, 0) is 11.3 Å². The van der Waals surface area contributed by atoms with Crippen molar-refractivity contribution in [3.63, 3.8) is 0 Å². The molecule has 0 aliphatic carbocycles. The van der Waals surface area contributed by atoms with E-state index in [0.717, 1.165) is 44.0 Å². The van der Waals surface area contributed by atoms with E-state index in [1.165, 1.54) is 19.4 Å². The first kappa shape index (κ1) is 18.3. The Balaban J connectivity index is 1.64. The number of likely N-dealkylation sites (N-methyl/N-ethyl adjacent to an activating group) is 1. The van der Waals surface area contributed by atoms with Gasteiger partial charge in [-0.25, -0.2) is 0 Å². The summed E-state index contributed by atoms with van der Waals surface area (Å²) < 4.78 is 0. The highest BCUT2D eigenvalue weighted by atomic mass is 16.2. The van der Waals surface area contributed by atoms with Crippen LogP contribution in [0, 0.1) is 12.3 Å². The van der Waals surface area contributed by atoms with Crippen LogP contribution >= 0.6 is 0 Å². The second-order valence-corrected chi connectivity index (χ2v) is 8.08. The van der Waals surface area contributed by atoms with Gasteiger partial charge in [-0.1, -0.05) is 0 Å². The minimum Gasteiger partial charge on any atom is -0.336 e. The monoisotopic (exact) mass is 345 g/mol. The SMILES string of the molecule is Cc1cnc(CN2CC3(CCCN(CCN(C)C)C3)CCC2=O)cn1. The molecular weight excluding hydrogens is 314 g/mol. The van der Waals surface area contributed by atoms with Gasteiger partial charge in [0.05, 0.1) is 24.1 Å². The molecule has 0 saturated carbocycles. The summed E-state index contributed by atoms with van der Waals surface area (Å²) >= 11 is 0. The van der Waals surface area contributed by atoms with E-state index in [1.54, 1.807) is 12.4 Å². The Labute approximate surface area is 151 Å². The maximum Gasteiger partial charge on any atom is 0.222 e. The van der Waals surface area contributed by atoms with Crippen LogP contribution in [0.4, 0.5) is 0 Å².